The van der Waals surface area contributed by atoms with Crippen molar-refractivity contribution in [2.45, 2.75) is 32.8 Å². The fraction of sp³-hybridized carbons (Fsp3) is 0.800. The number of hydrogen-bond donors (Lipinski definition) is 0. The highest BCUT2D eigenvalue weighted by Crippen LogP contribution is 2.09. The molecule has 0 aromatic rings. The number of halogens is 1. The van der Waals surface area contributed by atoms with Crippen molar-refractivity contribution in [3.05, 3.63) is 0 Å². The fourth-order valence-corrected chi connectivity index (χ4v) is 0.924. The molecule has 5 heteroatoms. The van der Waals surface area contributed by atoms with E-state index in [-0.39, 0.29) is 18.1 Å². The van der Waals surface area contributed by atoms with Gasteiger partial charge in [0.2, 0.25) is 0 Å². The van der Waals surface area contributed by atoms with Crippen LogP contribution in [-0.2, 0) is 9.53 Å². The number of ketones is 1. The Morgan fingerprint density at radius 1 is 1.33 bits per heavy atom. The molecular weight excluding hydrogens is 218 g/mol. The van der Waals surface area contributed by atoms with Crippen molar-refractivity contribution in [1.82, 2.24) is 4.90 Å². The van der Waals surface area contributed by atoms with Gasteiger partial charge in [0.25, 0.3) is 0 Å². The van der Waals surface area contributed by atoms with Gasteiger partial charge in [-0.25, -0.2) is 4.79 Å². The van der Waals surface area contributed by atoms with Gasteiger partial charge >= 0.3 is 6.09 Å². The molecule has 0 N–H and O–H groups in total. The first-order valence-corrected chi connectivity index (χ1v) is 5.31. The van der Waals surface area contributed by atoms with E-state index in [4.69, 9.17) is 16.3 Å². The van der Waals surface area contributed by atoms with Gasteiger partial charge in [-0.1, -0.05) is 0 Å². The lowest BCUT2D eigenvalue weighted by Gasteiger charge is -2.24. The minimum atomic E-state index is -0.512. The van der Waals surface area contributed by atoms with Crippen molar-refractivity contribution in [2.24, 2.45) is 0 Å². The van der Waals surface area contributed by atoms with Crippen LogP contribution in [0.4, 0.5) is 4.79 Å². The van der Waals surface area contributed by atoms with E-state index in [2.05, 4.69) is 0 Å². The van der Waals surface area contributed by atoms with Gasteiger partial charge in [0.05, 0.1) is 5.88 Å². The van der Waals surface area contributed by atoms with Gasteiger partial charge in [-0.3, -0.25) is 4.79 Å². The second-order valence-electron chi connectivity index (χ2n) is 4.32. The summed E-state index contributed by atoms with van der Waals surface area (Å²) in [5, 5.41) is 0. The van der Waals surface area contributed by atoms with Crippen LogP contribution in [0.1, 0.15) is 27.2 Å². The van der Waals surface area contributed by atoms with E-state index in [1.165, 1.54) is 4.90 Å². The number of rotatable bonds is 4. The molecule has 0 aliphatic carbocycles. The first-order valence-electron chi connectivity index (χ1n) is 4.78. The van der Waals surface area contributed by atoms with E-state index in [1.54, 1.807) is 27.8 Å². The molecule has 0 heterocycles. The van der Waals surface area contributed by atoms with E-state index in [1.807, 2.05) is 0 Å². The normalized spacial score (nSPS) is 11.0. The number of nitrogens with zero attached hydrogens (tertiary/aromatic N) is 1. The maximum absolute atomic E-state index is 11.4. The monoisotopic (exact) mass is 235 g/mol. The minimum absolute atomic E-state index is 0.0117. The number of hydrogen-bond acceptors (Lipinski definition) is 3. The molecule has 0 atom stereocenters. The predicted octanol–water partition coefficient (Wildman–Crippen LogP) is 2.05. The summed E-state index contributed by atoms with van der Waals surface area (Å²) in [7, 11) is 1.59. The quantitative estimate of drug-likeness (QED) is 0.701. The van der Waals surface area contributed by atoms with Gasteiger partial charge in [0, 0.05) is 20.0 Å². The fourth-order valence-electron chi connectivity index (χ4n) is 0.790. The molecule has 0 rings (SSSR count). The molecule has 0 aromatic carbocycles. The van der Waals surface area contributed by atoms with Crippen LogP contribution in [0.5, 0.6) is 0 Å². The maximum Gasteiger partial charge on any atom is 0.410 e. The average molecular weight is 236 g/mol. The van der Waals surface area contributed by atoms with Crippen molar-refractivity contribution >= 4 is 23.5 Å². The van der Waals surface area contributed by atoms with Crippen LogP contribution in [0, 0.1) is 0 Å². The highest BCUT2D eigenvalue weighted by Gasteiger charge is 2.19. The first-order chi connectivity index (χ1) is 6.76. The zero-order valence-corrected chi connectivity index (χ0v) is 10.4. The molecule has 0 aliphatic rings. The van der Waals surface area contributed by atoms with Crippen molar-refractivity contribution < 1.29 is 14.3 Å². The Kier molecular flexibility index (Phi) is 5.65. The summed E-state index contributed by atoms with van der Waals surface area (Å²) in [5.74, 6) is -0.0885. The number of carbonyl (C=O) groups excluding carboxylic acids is 2. The third kappa shape index (κ3) is 7.19. The summed E-state index contributed by atoms with van der Waals surface area (Å²) in [6, 6.07) is 0. The standard InChI is InChI=1S/C10H18ClNO3/c1-10(2,3)15-9(14)12(4)6-5-8(13)7-11/h5-7H2,1-4H3. The molecule has 4 nitrogen and oxygen atoms in total. The number of Topliss-reactive ketones (excluding diaryl/α,β-unsaturated/α-hetero) is 1. The highest BCUT2D eigenvalue weighted by molar-refractivity contribution is 6.27. The number of ether oxygens (including phenoxy) is 1. The van der Waals surface area contributed by atoms with Crippen LogP contribution >= 0.6 is 11.6 Å². The predicted molar refractivity (Wildman–Crippen MR) is 59.2 cm³/mol. The molecule has 0 aromatic heterocycles. The molecular formula is C10H18ClNO3. The average Bonchev–Trinajstić information content (AvgIpc) is 2.10. The summed E-state index contributed by atoms with van der Waals surface area (Å²) in [6.07, 6.45) is -0.163. The Morgan fingerprint density at radius 3 is 2.27 bits per heavy atom. The molecule has 0 unspecified atom stereocenters. The largest absolute Gasteiger partial charge is 0.444 e. The van der Waals surface area contributed by atoms with E-state index >= 15 is 0 Å². The van der Waals surface area contributed by atoms with E-state index < -0.39 is 11.7 Å². The summed E-state index contributed by atoms with van der Waals surface area (Å²) in [6.45, 7) is 5.72. The lowest BCUT2D eigenvalue weighted by molar-refractivity contribution is -0.116. The van der Waals surface area contributed by atoms with E-state index in [9.17, 15) is 9.59 Å². The maximum atomic E-state index is 11.4. The first kappa shape index (κ1) is 14.2. The SMILES string of the molecule is CN(CCC(=O)CCl)C(=O)OC(C)(C)C. The molecule has 88 valence electrons. The Hall–Kier alpha value is -0.770. The van der Waals surface area contributed by atoms with Gasteiger partial charge in [-0.05, 0) is 20.8 Å². The van der Waals surface area contributed by atoms with Crippen molar-refractivity contribution in [2.75, 3.05) is 19.5 Å². The second-order valence-corrected chi connectivity index (χ2v) is 4.59. The highest BCUT2D eigenvalue weighted by atomic mass is 35.5. The van der Waals surface area contributed by atoms with Gasteiger partial charge in [0.1, 0.15) is 11.4 Å². The van der Waals surface area contributed by atoms with Crippen LogP contribution in [0.15, 0.2) is 0 Å². The molecule has 0 saturated heterocycles. The van der Waals surface area contributed by atoms with Gasteiger partial charge in [0.15, 0.2) is 0 Å². The molecule has 0 saturated carbocycles. The Morgan fingerprint density at radius 2 is 1.87 bits per heavy atom. The third-order valence-corrected chi connectivity index (χ3v) is 1.88. The summed E-state index contributed by atoms with van der Waals surface area (Å²) >= 11 is 5.34. The molecule has 0 radical (unpaired) electrons. The lowest BCUT2D eigenvalue weighted by Crippen LogP contribution is -2.35. The molecule has 0 fully saturated rings. The number of amides is 1. The smallest absolute Gasteiger partial charge is 0.410 e. The van der Waals surface area contributed by atoms with Crippen molar-refractivity contribution in [1.29, 1.82) is 0 Å². The van der Waals surface area contributed by atoms with Crippen molar-refractivity contribution in [3.8, 4) is 0 Å². The van der Waals surface area contributed by atoms with Gasteiger partial charge in [-0.2, -0.15) is 0 Å². The van der Waals surface area contributed by atoms with Crippen LogP contribution in [0.2, 0.25) is 0 Å². The molecule has 0 aliphatic heterocycles. The summed E-state index contributed by atoms with van der Waals surface area (Å²) in [4.78, 5) is 23.7. The van der Waals surface area contributed by atoms with Crippen LogP contribution in [0.3, 0.4) is 0 Å². The minimum Gasteiger partial charge on any atom is -0.444 e. The number of carbonyl (C=O) groups is 2. The zero-order valence-electron chi connectivity index (χ0n) is 9.67. The topological polar surface area (TPSA) is 46.6 Å². The molecule has 0 bridgehead atoms. The van der Waals surface area contributed by atoms with E-state index in [0.29, 0.717) is 6.54 Å². The summed E-state index contributed by atoms with van der Waals surface area (Å²) in [5.41, 5.74) is -0.512. The Balaban J connectivity index is 3.95. The van der Waals surface area contributed by atoms with Gasteiger partial charge < -0.3 is 9.64 Å². The van der Waals surface area contributed by atoms with Crippen LogP contribution < -0.4 is 0 Å². The zero-order chi connectivity index (χ0) is 12.1. The van der Waals surface area contributed by atoms with E-state index in [0.717, 1.165) is 0 Å². The molecule has 15 heavy (non-hydrogen) atoms. The second kappa shape index (κ2) is 5.95. The third-order valence-electron chi connectivity index (χ3n) is 1.58. The lowest BCUT2D eigenvalue weighted by atomic mass is 10.2. The molecule has 1 amide bonds. The van der Waals surface area contributed by atoms with Crippen LogP contribution in [-0.4, -0.2) is 41.8 Å². The molecule has 0 spiro atoms. The Bertz CT molecular complexity index is 235. The van der Waals surface area contributed by atoms with Crippen molar-refractivity contribution in [3.63, 3.8) is 0 Å². The van der Waals surface area contributed by atoms with Gasteiger partial charge in [-0.15, -0.1) is 11.6 Å². The number of alkyl halides is 1. The summed E-state index contributed by atoms with van der Waals surface area (Å²) < 4.78 is 5.11. The Labute approximate surface area is 95.5 Å². The van der Waals surface area contributed by atoms with Crippen LogP contribution in [0.25, 0.3) is 0 Å².